The molecule has 0 saturated heterocycles. The highest BCUT2D eigenvalue weighted by Crippen LogP contribution is 2.32. The lowest BCUT2D eigenvalue weighted by Gasteiger charge is -2.11. The van der Waals surface area contributed by atoms with Gasteiger partial charge in [-0.05, 0) is 19.1 Å². The Kier molecular flexibility index (Phi) is 4.38. The molecule has 1 aromatic carbocycles. The molecule has 18 heavy (non-hydrogen) atoms. The fourth-order valence-electron chi connectivity index (χ4n) is 1.61. The molecular weight excluding hydrogens is 293 g/mol. The molecule has 0 fully saturated rings. The van der Waals surface area contributed by atoms with Crippen LogP contribution < -0.4 is 5.32 Å². The van der Waals surface area contributed by atoms with Crippen molar-refractivity contribution < 1.29 is 0 Å². The van der Waals surface area contributed by atoms with E-state index >= 15 is 0 Å². The average molecular weight is 305 g/mol. The summed E-state index contributed by atoms with van der Waals surface area (Å²) in [5.74, 6) is 0.983. The number of aromatic nitrogens is 2. The van der Waals surface area contributed by atoms with Crippen LogP contribution in [0.25, 0.3) is 0 Å². The third-order valence-corrected chi connectivity index (χ3v) is 3.64. The molecule has 0 amide bonds. The topological polar surface area (TPSA) is 29.9 Å². The number of anilines is 1. The Bertz CT molecular complexity index is 551. The van der Waals surface area contributed by atoms with E-state index in [1.54, 1.807) is 18.3 Å². The average Bonchev–Trinajstić information content (AvgIpc) is 2.72. The fraction of sp³-hybridized carbons (Fsp3) is 0.250. The minimum atomic E-state index is 0.456. The second-order valence-corrected chi connectivity index (χ2v) is 5.06. The third kappa shape index (κ3) is 3.10. The molecule has 0 aliphatic rings. The van der Waals surface area contributed by atoms with Gasteiger partial charge in [-0.3, -0.25) is 0 Å². The maximum atomic E-state index is 6.07. The molecule has 0 bridgehead atoms. The summed E-state index contributed by atoms with van der Waals surface area (Å²) in [5.41, 5.74) is 0.781. The van der Waals surface area contributed by atoms with Crippen LogP contribution in [0.3, 0.4) is 0 Å². The summed E-state index contributed by atoms with van der Waals surface area (Å²) in [6.07, 6.45) is 3.72. The summed E-state index contributed by atoms with van der Waals surface area (Å²) in [4.78, 5) is 4.16. The Morgan fingerprint density at radius 3 is 2.56 bits per heavy atom. The number of aryl methyl sites for hydroxylation is 1. The second kappa shape index (κ2) is 5.83. The molecule has 1 N–H and O–H groups in total. The SMILES string of the molecule is Cc1nccn1CCNc1cc(Cl)c(Cl)cc1Cl. The normalized spacial score (nSPS) is 10.7. The predicted molar refractivity (Wildman–Crippen MR) is 76.9 cm³/mol. The minimum Gasteiger partial charge on any atom is -0.382 e. The van der Waals surface area contributed by atoms with E-state index in [9.17, 15) is 0 Å². The number of hydrogen-bond acceptors (Lipinski definition) is 2. The molecule has 0 aliphatic carbocycles. The van der Waals surface area contributed by atoms with Gasteiger partial charge in [0.15, 0.2) is 0 Å². The number of halogens is 3. The van der Waals surface area contributed by atoms with Crippen molar-refractivity contribution in [3.8, 4) is 0 Å². The van der Waals surface area contributed by atoms with Crippen molar-refractivity contribution in [2.45, 2.75) is 13.5 Å². The van der Waals surface area contributed by atoms with E-state index in [-0.39, 0.29) is 0 Å². The number of nitrogens with zero attached hydrogens (tertiary/aromatic N) is 2. The first-order chi connectivity index (χ1) is 8.58. The van der Waals surface area contributed by atoms with Gasteiger partial charge < -0.3 is 9.88 Å². The van der Waals surface area contributed by atoms with Crippen LogP contribution in [-0.2, 0) is 6.54 Å². The van der Waals surface area contributed by atoms with Crippen molar-refractivity contribution in [2.24, 2.45) is 0 Å². The van der Waals surface area contributed by atoms with E-state index in [4.69, 9.17) is 34.8 Å². The van der Waals surface area contributed by atoms with Crippen LogP contribution in [-0.4, -0.2) is 16.1 Å². The molecule has 0 atom stereocenters. The van der Waals surface area contributed by atoms with Crippen LogP contribution in [0, 0.1) is 6.92 Å². The van der Waals surface area contributed by atoms with Gasteiger partial charge in [-0.25, -0.2) is 4.98 Å². The first-order valence-corrected chi connectivity index (χ1v) is 6.57. The minimum absolute atomic E-state index is 0.456. The Morgan fingerprint density at radius 2 is 1.89 bits per heavy atom. The largest absolute Gasteiger partial charge is 0.382 e. The highest BCUT2D eigenvalue weighted by Gasteiger charge is 2.05. The standard InChI is InChI=1S/C12H12Cl3N3/c1-8-16-2-4-18(8)5-3-17-12-7-10(14)9(13)6-11(12)15/h2,4,6-7,17H,3,5H2,1H3. The fourth-order valence-corrected chi connectivity index (χ4v) is 2.22. The molecule has 0 saturated carbocycles. The van der Waals surface area contributed by atoms with E-state index in [0.29, 0.717) is 15.1 Å². The van der Waals surface area contributed by atoms with Crippen molar-refractivity contribution in [3.05, 3.63) is 45.4 Å². The molecule has 0 spiro atoms. The Hall–Kier alpha value is -0.900. The predicted octanol–water partition coefficient (Wildman–Crippen LogP) is 4.26. The van der Waals surface area contributed by atoms with Crippen LogP contribution in [0.5, 0.6) is 0 Å². The lowest BCUT2D eigenvalue weighted by atomic mass is 10.3. The van der Waals surface area contributed by atoms with E-state index in [1.165, 1.54) is 0 Å². The molecule has 0 aliphatic heterocycles. The smallest absolute Gasteiger partial charge is 0.105 e. The Morgan fingerprint density at radius 1 is 1.17 bits per heavy atom. The summed E-state index contributed by atoms with van der Waals surface area (Å²) in [5, 5.41) is 4.73. The summed E-state index contributed by atoms with van der Waals surface area (Å²) >= 11 is 17.9. The van der Waals surface area contributed by atoms with Gasteiger partial charge in [-0.15, -0.1) is 0 Å². The van der Waals surface area contributed by atoms with Crippen LogP contribution in [0.4, 0.5) is 5.69 Å². The molecule has 1 aromatic heterocycles. The number of hydrogen-bond donors (Lipinski definition) is 1. The van der Waals surface area contributed by atoms with Gasteiger partial charge in [0.25, 0.3) is 0 Å². The lowest BCUT2D eigenvalue weighted by Crippen LogP contribution is -2.11. The summed E-state index contributed by atoms with van der Waals surface area (Å²) in [6.45, 7) is 3.50. The molecule has 1 heterocycles. The summed E-state index contributed by atoms with van der Waals surface area (Å²) in [6, 6.07) is 3.36. The molecule has 0 unspecified atom stereocenters. The van der Waals surface area contributed by atoms with Crippen molar-refractivity contribution in [3.63, 3.8) is 0 Å². The molecule has 0 radical (unpaired) electrons. The van der Waals surface area contributed by atoms with Crippen molar-refractivity contribution in [1.82, 2.24) is 9.55 Å². The number of rotatable bonds is 4. The first-order valence-electron chi connectivity index (χ1n) is 5.44. The second-order valence-electron chi connectivity index (χ2n) is 3.84. The number of nitrogens with one attached hydrogen (secondary N) is 1. The van der Waals surface area contributed by atoms with E-state index in [0.717, 1.165) is 24.6 Å². The Labute approximate surface area is 121 Å². The van der Waals surface area contributed by atoms with Crippen LogP contribution in [0.1, 0.15) is 5.82 Å². The summed E-state index contributed by atoms with van der Waals surface area (Å²) < 4.78 is 2.05. The number of benzene rings is 1. The summed E-state index contributed by atoms with van der Waals surface area (Å²) in [7, 11) is 0. The van der Waals surface area contributed by atoms with Gasteiger partial charge in [0.2, 0.25) is 0 Å². The van der Waals surface area contributed by atoms with Crippen LogP contribution >= 0.6 is 34.8 Å². The van der Waals surface area contributed by atoms with Gasteiger partial charge in [-0.1, -0.05) is 34.8 Å². The molecular formula is C12H12Cl3N3. The molecule has 3 nitrogen and oxygen atoms in total. The third-order valence-electron chi connectivity index (χ3n) is 2.60. The zero-order valence-electron chi connectivity index (χ0n) is 9.75. The van der Waals surface area contributed by atoms with Crippen LogP contribution in [0.15, 0.2) is 24.5 Å². The zero-order chi connectivity index (χ0) is 13.1. The Balaban J connectivity index is 1.99. The maximum absolute atomic E-state index is 6.07. The van der Waals surface area contributed by atoms with Crippen LogP contribution in [0.2, 0.25) is 15.1 Å². The van der Waals surface area contributed by atoms with Crippen molar-refractivity contribution in [1.29, 1.82) is 0 Å². The molecule has 2 rings (SSSR count). The van der Waals surface area contributed by atoms with E-state index in [2.05, 4.69) is 14.9 Å². The van der Waals surface area contributed by atoms with Gasteiger partial charge in [0.05, 0.1) is 20.8 Å². The van der Waals surface area contributed by atoms with Gasteiger partial charge in [0.1, 0.15) is 5.82 Å². The van der Waals surface area contributed by atoms with Crippen molar-refractivity contribution in [2.75, 3.05) is 11.9 Å². The molecule has 2 aromatic rings. The van der Waals surface area contributed by atoms with Gasteiger partial charge in [0, 0.05) is 25.5 Å². The lowest BCUT2D eigenvalue weighted by molar-refractivity contribution is 0.701. The highest BCUT2D eigenvalue weighted by atomic mass is 35.5. The van der Waals surface area contributed by atoms with E-state index in [1.807, 2.05) is 13.1 Å². The first kappa shape index (κ1) is 13.5. The monoisotopic (exact) mass is 303 g/mol. The van der Waals surface area contributed by atoms with Crippen molar-refractivity contribution >= 4 is 40.5 Å². The molecule has 6 heteroatoms. The quantitative estimate of drug-likeness (QED) is 0.855. The highest BCUT2D eigenvalue weighted by molar-refractivity contribution is 6.44. The number of imidazole rings is 1. The van der Waals surface area contributed by atoms with Gasteiger partial charge >= 0.3 is 0 Å². The molecule has 96 valence electrons. The van der Waals surface area contributed by atoms with Gasteiger partial charge in [-0.2, -0.15) is 0 Å². The maximum Gasteiger partial charge on any atom is 0.105 e. The van der Waals surface area contributed by atoms with E-state index < -0.39 is 0 Å². The zero-order valence-corrected chi connectivity index (χ0v) is 12.0.